The van der Waals surface area contributed by atoms with Gasteiger partial charge in [0.2, 0.25) is 10.0 Å². The minimum Gasteiger partial charge on any atom is -0.323 e. The zero-order valence-corrected chi connectivity index (χ0v) is 16.8. The fraction of sp³-hybridized carbons (Fsp3) is 0.316. The zero-order valence-electron chi connectivity index (χ0n) is 15.9. The van der Waals surface area contributed by atoms with E-state index in [2.05, 4.69) is 5.32 Å². The van der Waals surface area contributed by atoms with Crippen LogP contribution in [0.3, 0.4) is 0 Å². The van der Waals surface area contributed by atoms with Crippen LogP contribution >= 0.6 is 0 Å². The maximum Gasteiger partial charge on any atom is 0.292 e. The van der Waals surface area contributed by atoms with Gasteiger partial charge in [-0.2, -0.15) is 4.31 Å². The molecule has 10 heteroatoms. The lowest BCUT2D eigenvalue weighted by molar-refractivity contribution is -0.917. The van der Waals surface area contributed by atoms with Crippen LogP contribution in [-0.2, 0) is 14.8 Å². The van der Waals surface area contributed by atoms with Crippen molar-refractivity contribution in [3.05, 3.63) is 64.7 Å². The Labute approximate surface area is 169 Å². The fourth-order valence-electron chi connectivity index (χ4n) is 3.35. The first kappa shape index (κ1) is 20.9. The highest BCUT2D eigenvalue weighted by atomic mass is 32.2. The van der Waals surface area contributed by atoms with Crippen LogP contribution in [0.25, 0.3) is 0 Å². The Morgan fingerprint density at radius 1 is 1.10 bits per heavy atom. The second-order valence-electron chi connectivity index (χ2n) is 6.86. The molecular formula is C19H23N4O5S+. The quantitative estimate of drug-likeness (QED) is 0.523. The molecule has 1 amide bonds. The number of nitro groups is 1. The van der Waals surface area contributed by atoms with E-state index in [-0.39, 0.29) is 22.2 Å². The van der Waals surface area contributed by atoms with Crippen molar-refractivity contribution in [1.82, 2.24) is 4.31 Å². The lowest BCUT2D eigenvalue weighted by Gasteiger charge is -2.34. The molecule has 3 rings (SSSR count). The molecule has 2 N–H and O–H groups in total. The van der Waals surface area contributed by atoms with E-state index >= 15 is 0 Å². The smallest absolute Gasteiger partial charge is 0.292 e. The maximum absolute atomic E-state index is 12.7. The number of nitro benzene ring substituents is 1. The lowest BCUT2D eigenvalue weighted by Crippen LogP contribution is -3.19. The van der Waals surface area contributed by atoms with Crippen LogP contribution in [0.2, 0.25) is 0 Å². The molecule has 154 valence electrons. The van der Waals surface area contributed by atoms with Crippen molar-refractivity contribution >= 4 is 27.3 Å². The highest BCUT2D eigenvalue weighted by Gasteiger charge is 2.34. The number of hydrogen-bond donors (Lipinski definition) is 2. The summed E-state index contributed by atoms with van der Waals surface area (Å²) in [4.78, 5) is 24.4. The fourth-order valence-corrected chi connectivity index (χ4v) is 4.82. The number of piperazine rings is 1. The van der Waals surface area contributed by atoms with Gasteiger partial charge in [-0.1, -0.05) is 30.3 Å². The van der Waals surface area contributed by atoms with Gasteiger partial charge in [0.1, 0.15) is 5.69 Å². The van der Waals surface area contributed by atoms with Crippen molar-refractivity contribution in [2.24, 2.45) is 0 Å². The molecule has 1 atom stereocenters. The Hall–Kier alpha value is -2.82. The average molecular weight is 419 g/mol. The summed E-state index contributed by atoms with van der Waals surface area (Å²) in [5, 5.41) is 13.7. The number of para-hydroxylation sites is 2. The zero-order chi connectivity index (χ0) is 21.0. The summed E-state index contributed by atoms with van der Waals surface area (Å²) < 4.78 is 26.9. The summed E-state index contributed by atoms with van der Waals surface area (Å²) in [6.45, 7) is 3.28. The highest BCUT2D eigenvalue weighted by Crippen LogP contribution is 2.23. The van der Waals surface area contributed by atoms with E-state index in [9.17, 15) is 23.3 Å². The molecule has 0 aliphatic carbocycles. The molecule has 1 aliphatic rings. The van der Waals surface area contributed by atoms with Crippen LogP contribution < -0.4 is 10.2 Å². The summed E-state index contributed by atoms with van der Waals surface area (Å²) in [6.07, 6.45) is 0. The summed E-state index contributed by atoms with van der Waals surface area (Å²) in [5.74, 6) is -0.339. The van der Waals surface area contributed by atoms with Gasteiger partial charge in [-0.25, -0.2) is 8.42 Å². The molecule has 2 aromatic carbocycles. The minimum atomic E-state index is -3.55. The average Bonchev–Trinajstić information content (AvgIpc) is 2.74. The predicted octanol–water partition coefficient (Wildman–Crippen LogP) is 0.511. The van der Waals surface area contributed by atoms with E-state index in [0.717, 1.165) is 4.90 Å². The standard InChI is InChI=1S/C19H22N4O5S/c1-15(19(24)20-17-9-5-6-10-18(17)23(25)26)21-11-13-22(14-12-21)29(27,28)16-7-3-2-4-8-16/h2-10,15H,11-14H2,1H3,(H,20,24)/p+1/t15-/m0/s1. The third kappa shape index (κ3) is 4.61. The van der Waals surface area contributed by atoms with Crippen LogP contribution in [-0.4, -0.2) is 55.8 Å². The molecule has 0 saturated carbocycles. The lowest BCUT2D eigenvalue weighted by atomic mass is 10.2. The first-order chi connectivity index (χ1) is 13.8. The number of amides is 1. The van der Waals surface area contributed by atoms with Gasteiger partial charge in [-0.05, 0) is 25.1 Å². The predicted molar refractivity (Wildman–Crippen MR) is 107 cm³/mol. The van der Waals surface area contributed by atoms with E-state index in [1.165, 1.54) is 22.5 Å². The van der Waals surface area contributed by atoms with Crippen molar-refractivity contribution in [2.45, 2.75) is 17.9 Å². The molecule has 9 nitrogen and oxygen atoms in total. The molecular weight excluding hydrogens is 396 g/mol. The van der Waals surface area contributed by atoms with E-state index in [1.54, 1.807) is 43.3 Å². The molecule has 1 saturated heterocycles. The number of quaternary nitrogens is 1. The summed E-state index contributed by atoms with van der Waals surface area (Å²) >= 11 is 0. The Bertz CT molecular complexity index is 989. The van der Waals surface area contributed by atoms with Gasteiger partial charge < -0.3 is 10.2 Å². The molecule has 1 heterocycles. The Morgan fingerprint density at radius 2 is 1.69 bits per heavy atom. The molecule has 1 fully saturated rings. The first-order valence-corrected chi connectivity index (χ1v) is 10.7. The van der Waals surface area contributed by atoms with Crippen LogP contribution in [0, 0.1) is 10.1 Å². The van der Waals surface area contributed by atoms with Crippen molar-refractivity contribution < 1.29 is 23.0 Å². The molecule has 0 spiro atoms. The number of benzene rings is 2. The van der Waals surface area contributed by atoms with E-state index in [1.807, 2.05) is 0 Å². The summed E-state index contributed by atoms with van der Waals surface area (Å²) in [5.41, 5.74) is -0.0131. The number of carbonyl (C=O) groups excluding carboxylic acids is 1. The largest absolute Gasteiger partial charge is 0.323 e. The molecule has 1 aliphatic heterocycles. The van der Waals surface area contributed by atoms with Crippen molar-refractivity contribution in [1.29, 1.82) is 0 Å². The number of nitrogens with one attached hydrogen (secondary N) is 2. The van der Waals surface area contributed by atoms with Gasteiger partial charge in [-0.15, -0.1) is 0 Å². The Balaban J connectivity index is 1.62. The normalized spacial score (nSPS) is 16.9. The highest BCUT2D eigenvalue weighted by molar-refractivity contribution is 7.89. The third-order valence-corrected chi connectivity index (χ3v) is 7.02. The number of carbonyl (C=O) groups is 1. The monoisotopic (exact) mass is 419 g/mol. The van der Waals surface area contributed by atoms with E-state index in [4.69, 9.17) is 0 Å². The minimum absolute atomic E-state index is 0.152. The molecule has 0 aromatic heterocycles. The Morgan fingerprint density at radius 3 is 2.31 bits per heavy atom. The SMILES string of the molecule is C[C@@H](C(=O)Nc1ccccc1[N+](=O)[O-])[NH+]1CCN(S(=O)(=O)c2ccccc2)CC1. The molecule has 29 heavy (non-hydrogen) atoms. The summed E-state index contributed by atoms with van der Waals surface area (Å²) in [7, 11) is -3.55. The van der Waals surface area contributed by atoms with Crippen LogP contribution in [0.5, 0.6) is 0 Å². The van der Waals surface area contributed by atoms with E-state index < -0.39 is 21.0 Å². The topological polar surface area (TPSA) is 114 Å². The van der Waals surface area contributed by atoms with Crippen molar-refractivity contribution in [2.75, 3.05) is 31.5 Å². The van der Waals surface area contributed by atoms with Gasteiger partial charge in [-0.3, -0.25) is 14.9 Å². The number of sulfonamides is 1. The van der Waals surface area contributed by atoms with Gasteiger partial charge in [0.15, 0.2) is 6.04 Å². The number of hydrogen-bond acceptors (Lipinski definition) is 5. The van der Waals surface area contributed by atoms with Gasteiger partial charge in [0.05, 0.1) is 36.0 Å². The van der Waals surface area contributed by atoms with Crippen LogP contribution in [0.4, 0.5) is 11.4 Å². The van der Waals surface area contributed by atoms with Crippen LogP contribution in [0.15, 0.2) is 59.5 Å². The number of nitrogens with zero attached hydrogens (tertiary/aromatic N) is 2. The molecule has 0 unspecified atom stereocenters. The maximum atomic E-state index is 12.7. The Kier molecular flexibility index (Phi) is 6.26. The second kappa shape index (κ2) is 8.68. The van der Waals surface area contributed by atoms with E-state index in [0.29, 0.717) is 26.2 Å². The van der Waals surface area contributed by atoms with Crippen molar-refractivity contribution in [3.63, 3.8) is 0 Å². The molecule has 0 bridgehead atoms. The molecule has 2 aromatic rings. The van der Waals surface area contributed by atoms with Gasteiger partial charge in [0.25, 0.3) is 11.6 Å². The number of anilines is 1. The summed E-state index contributed by atoms with van der Waals surface area (Å²) in [6, 6.07) is 13.8. The van der Waals surface area contributed by atoms with Gasteiger partial charge >= 0.3 is 0 Å². The molecule has 0 radical (unpaired) electrons. The second-order valence-corrected chi connectivity index (χ2v) is 8.80. The number of rotatable bonds is 6. The van der Waals surface area contributed by atoms with Gasteiger partial charge in [0, 0.05) is 6.07 Å². The van der Waals surface area contributed by atoms with Crippen molar-refractivity contribution in [3.8, 4) is 0 Å². The third-order valence-electron chi connectivity index (χ3n) is 5.11. The first-order valence-electron chi connectivity index (χ1n) is 9.25. The van der Waals surface area contributed by atoms with Crippen LogP contribution in [0.1, 0.15) is 6.92 Å².